The van der Waals surface area contributed by atoms with Crippen LogP contribution in [-0.4, -0.2) is 22.6 Å². The Morgan fingerprint density at radius 1 is 1.21 bits per heavy atom. The number of benzene rings is 1. The highest BCUT2D eigenvalue weighted by molar-refractivity contribution is 5.89. The molecule has 0 radical (unpaired) electrons. The van der Waals surface area contributed by atoms with Gasteiger partial charge in [-0.25, -0.2) is 4.79 Å². The molecule has 0 aliphatic carbocycles. The Balaban J connectivity index is 0.000000791. The first kappa shape index (κ1) is 12.6. The SMILES string of the molecule is CC(C)OC(=O)c1ccccc1.OO. The molecule has 4 nitrogen and oxygen atoms in total. The average molecular weight is 198 g/mol. The van der Waals surface area contributed by atoms with Crippen LogP contribution in [0.2, 0.25) is 0 Å². The van der Waals surface area contributed by atoms with Gasteiger partial charge in [0.2, 0.25) is 0 Å². The Bertz CT molecular complexity index is 256. The lowest BCUT2D eigenvalue weighted by molar-refractivity contribution is -0.176. The van der Waals surface area contributed by atoms with Crippen molar-refractivity contribution < 1.29 is 20.0 Å². The Hall–Kier alpha value is -1.39. The van der Waals surface area contributed by atoms with Crippen LogP contribution >= 0.6 is 0 Å². The number of carbonyl (C=O) groups is 1. The fraction of sp³-hybridized carbons (Fsp3) is 0.300. The number of hydrogen-bond donors (Lipinski definition) is 2. The second-order valence-electron chi connectivity index (χ2n) is 2.82. The lowest BCUT2D eigenvalue weighted by atomic mass is 10.2. The van der Waals surface area contributed by atoms with E-state index in [9.17, 15) is 4.79 Å². The van der Waals surface area contributed by atoms with Gasteiger partial charge in [0, 0.05) is 0 Å². The maximum absolute atomic E-state index is 11.2. The molecule has 0 amide bonds. The predicted octanol–water partition coefficient (Wildman–Crippen LogP) is 2.27. The first-order chi connectivity index (χ1) is 6.70. The van der Waals surface area contributed by atoms with E-state index in [-0.39, 0.29) is 12.1 Å². The molecule has 1 rings (SSSR count). The van der Waals surface area contributed by atoms with Gasteiger partial charge in [-0.2, -0.15) is 0 Å². The molecule has 0 aliphatic heterocycles. The minimum Gasteiger partial charge on any atom is -0.459 e. The lowest BCUT2D eigenvalue weighted by Crippen LogP contribution is -2.11. The van der Waals surface area contributed by atoms with E-state index in [2.05, 4.69) is 0 Å². The van der Waals surface area contributed by atoms with E-state index in [1.165, 1.54) is 0 Å². The number of esters is 1. The Morgan fingerprint density at radius 3 is 2.14 bits per heavy atom. The van der Waals surface area contributed by atoms with Gasteiger partial charge < -0.3 is 4.74 Å². The second kappa shape index (κ2) is 7.06. The van der Waals surface area contributed by atoms with Gasteiger partial charge in [-0.3, -0.25) is 10.5 Å². The number of rotatable bonds is 2. The van der Waals surface area contributed by atoms with Gasteiger partial charge in [0.25, 0.3) is 0 Å². The van der Waals surface area contributed by atoms with Crippen molar-refractivity contribution in [2.75, 3.05) is 0 Å². The zero-order valence-corrected chi connectivity index (χ0v) is 8.18. The molecule has 2 N–H and O–H groups in total. The van der Waals surface area contributed by atoms with Crippen LogP contribution in [0.4, 0.5) is 0 Å². The number of hydrogen-bond acceptors (Lipinski definition) is 4. The van der Waals surface area contributed by atoms with E-state index in [0.29, 0.717) is 5.56 Å². The zero-order chi connectivity index (χ0) is 11.0. The van der Waals surface area contributed by atoms with E-state index in [4.69, 9.17) is 15.3 Å². The van der Waals surface area contributed by atoms with Crippen LogP contribution in [0.25, 0.3) is 0 Å². The van der Waals surface area contributed by atoms with Crippen molar-refractivity contribution >= 4 is 5.97 Å². The molecule has 14 heavy (non-hydrogen) atoms. The van der Waals surface area contributed by atoms with Gasteiger partial charge in [-0.1, -0.05) is 18.2 Å². The molecule has 0 atom stereocenters. The topological polar surface area (TPSA) is 66.8 Å². The molecular weight excluding hydrogens is 184 g/mol. The summed E-state index contributed by atoms with van der Waals surface area (Å²) >= 11 is 0. The third kappa shape index (κ3) is 4.59. The molecule has 0 aromatic heterocycles. The minimum absolute atomic E-state index is 0.0577. The Kier molecular flexibility index (Phi) is 6.36. The summed E-state index contributed by atoms with van der Waals surface area (Å²) in [6, 6.07) is 8.98. The van der Waals surface area contributed by atoms with Gasteiger partial charge in [-0.05, 0) is 26.0 Å². The normalized spacial score (nSPS) is 8.93. The van der Waals surface area contributed by atoms with Crippen molar-refractivity contribution in [3.05, 3.63) is 35.9 Å². The first-order valence-corrected chi connectivity index (χ1v) is 4.16. The third-order valence-corrected chi connectivity index (χ3v) is 1.35. The van der Waals surface area contributed by atoms with Crippen LogP contribution in [-0.2, 0) is 4.74 Å². The van der Waals surface area contributed by atoms with Crippen LogP contribution in [0.5, 0.6) is 0 Å². The lowest BCUT2D eigenvalue weighted by Gasteiger charge is -2.06. The van der Waals surface area contributed by atoms with E-state index >= 15 is 0 Å². The predicted molar refractivity (Wildman–Crippen MR) is 52.3 cm³/mol. The van der Waals surface area contributed by atoms with Gasteiger partial charge in [0.05, 0.1) is 11.7 Å². The van der Waals surface area contributed by atoms with Crippen LogP contribution < -0.4 is 0 Å². The highest BCUT2D eigenvalue weighted by atomic mass is 17.0. The molecular formula is C10H14O4. The summed E-state index contributed by atoms with van der Waals surface area (Å²) in [6.07, 6.45) is -0.0577. The maximum atomic E-state index is 11.2. The number of ether oxygens (including phenoxy) is 1. The van der Waals surface area contributed by atoms with Gasteiger partial charge in [-0.15, -0.1) is 0 Å². The Labute approximate surface area is 82.7 Å². The van der Waals surface area contributed by atoms with E-state index in [1.54, 1.807) is 12.1 Å². The van der Waals surface area contributed by atoms with Crippen molar-refractivity contribution in [1.82, 2.24) is 0 Å². The molecule has 0 saturated carbocycles. The van der Waals surface area contributed by atoms with Crippen molar-refractivity contribution in [2.45, 2.75) is 20.0 Å². The molecule has 0 saturated heterocycles. The van der Waals surface area contributed by atoms with E-state index in [0.717, 1.165) is 0 Å². The van der Waals surface area contributed by atoms with Crippen molar-refractivity contribution in [1.29, 1.82) is 0 Å². The fourth-order valence-corrected chi connectivity index (χ4v) is 0.856. The molecule has 0 unspecified atom stereocenters. The molecule has 0 spiro atoms. The van der Waals surface area contributed by atoms with Crippen molar-refractivity contribution in [2.24, 2.45) is 0 Å². The van der Waals surface area contributed by atoms with E-state index in [1.807, 2.05) is 32.0 Å². The average Bonchev–Trinajstić information content (AvgIpc) is 2.21. The standard InChI is InChI=1S/C10H12O2.H2O2/c1-8(2)12-10(11)9-6-4-3-5-7-9;1-2/h3-8H,1-2H3;1-2H. The summed E-state index contributed by atoms with van der Waals surface area (Å²) < 4.78 is 5.00. The molecule has 0 bridgehead atoms. The molecule has 1 aromatic rings. The van der Waals surface area contributed by atoms with Gasteiger partial charge >= 0.3 is 5.97 Å². The third-order valence-electron chi connectivity index (χ3n) is 1.35. The summed E-state index contributed by atoms with van der Waals surface area (Å²) in [7, 11) is 0. The summed E-state index contributed by atoms with van der Waals surface area (Å²) in [6.45, 7) is 3.67. The zero-order valence-electron chi connectivity index (χ0n) is 8.18. The van der Waals surface area contributed by atoms with Crippen LogP contribution in [0, 0.1) is 0 Å². The summed E-state index contributed by atoms with van der Waals surface area (Å²) in [4.78, 5) is 11.2. The van der Waals surface area contributed by atoms with Crippen LogP contribution in [0.1, 0.15) is 24.2 Å². The molecule has 0 fully saturated rings. The fourth-order valence-electron chi connectivity index (χ4n) is 0.856. The summed E-state index contributed by atoms with van der Waals surface area (Å²) in [5, 5.41) is 12.0. The maximum Gasteiger partial charge on any atom is 0.338 e. The van der Waals surface area contributed by atoms with E-state index < -0.39 is 0 Å². The highest BCUT2D eigenvalue weighted by Crippen LogP contribution is 2.02. The minimum atomic E-state index is -0.259. The molecule has 78 valence electrons. The summed E-state index contributed by atoms with van der Waals surface area (Å²) in [5.41, 5.74) is 0.603. The van der Waals surface area contributed by atoms with Crippen molar-refractivity contribution in [3.63, 3.8) is 0 Å². The van der Waals surface area contributed by atoms with Crippen molar-refractivity contribution in [3.8, 4) is 0 Å². The van der Waals surface area contributed by atoms with Gasteiger partial charge in [0.1, 0.15) is 0 Å². The summed E-state index contributed by atoms with van der Waals surface area (Å²) in [5.74, 6) is -0.259. The quantitative estimate of drug-likeness (QED) is 0.434. The molecule has 4 heteroatoms. The smallest absolute Gasteiger partial charge is 0.338 e. The van der Waals surface area contributed by atoms with Crippen LogP contribution in [0.3, 0.4) is 0 Å². The largest absolute Gasteiger partial charge is 0.459 e. The monoisotopic (exact) mass is 198 g/mol. The van der Waals surface area contributed by atoms with Crippen LogP contribution in [0.15, 0.2) is 30.3 Å². The number of carbonyl (C=O) groups excluding carboxylic acids is 1. The Morgan fingerprint density at radius 2 is 1.71 bits per heavy atom. The first-order valence-electron chi connectivity index (χ1n) is 4.16. The second-order valence-corrected chi connectivity index (χ2v) is 2.82. The molecule has 0 heterocycles. The molecule has 1 aromatic carbocycles. The van der Waals surface area contributed by atoms with Gasteiger partial charge in [0.15, 0.2) is 0 Å². The molecule has 0 aliphatic rings. The highest BCUT2D eigenvalue weighted by Gasteiger charge is 2.06.